The number of anilines is 2. The minimum Gasteiger partial charge on any atom is -0.372 e. The van der Waals surface area contributed by atoms with E-state index in [0.29, 0.717) is 18.4 Å². The maximum atomic E-state index is 11.6. The summed E-state index contributed by atoms with van der Waals surface area (Å²) in [6, 6.07) is 0.353. The molecule has 0 radical (unpaired) electrons. The third-order valence-electron chi connectivity index (χ3n) is 3.70. The highest BCUT2D eigenvalue weighted by molar-refractivity contribution is 5.79. The van der Waals surface area contributed by atoms with Gasteiger partial charge in [-0.05, 0) is 6.42 Å². The molecule has 1 unspecified atom stereocenters. The van der Waals surface area contributed by atoms with E-state index in [0.717, 1.165) is 37.7 Å². The van der Waals surface area contributed by atoms with E-state index in [-0.39, 0.29) is 0 Å². The molecule has 1 aromatic heterocycles. The molecule has 1 amide bonds. The normalized spacial score (nSPS) is 23.2. The maximum Gasteiger partial charge on any atom is 0.223 e. The topological polar surface area (TPSA) is 61.4 Å². The number of hydrogen-bond acceptors (Lipinski definition) is 5. The van der Waals surface area contributed by atoms with E-state index < -0.39 is 0 Å². The van der Waals surface area contributed by atoms with Gasteiger partial charge >= 0.3 is 0 Å². The predicted octanol–water partition coefficient (Wildman–Crippen LogP) is 0.329. The summed E-state index contributed by atoms with van der Waals surface area (Å²) < 4.78 is 0. The number of amides is 1. The number of piperazine rings is 1. The van der Waals surface area contributed by atoms with Crippen LogP contribution in [0.4, 0.5) is 11.6 Å². The van der Waals surface area contributed by atoms with Gasteiger partial charge in [-0.25, -0.2) is 4.98 Å². The van der Waals surface area contributed by atoms with Crippen molar-refractivity contribution in [1.29, 1.82) is 0 Å². The van der Waals surface area contributed by atoms with Crippen LogP contribution >= 0.6 is 0 Å². The lowest BCUT2D eigenvalue weighted by Crippen LogP contribution is -2.51. The van der Waals surface area contributed by atoms with Gasteiger partial charge in [0.25, 0.3) is 0 Å². The predicted molar refractivity (Wildman–Crippen MR) is 68.5 cm³/mol. The van der Waals surface area contributed by atoms with Gasteiger partial charge in [0.15, 0.2) is 0 Å². The van der Waals surface area contributed by atoms with Crippen molar-refractivity contribution in [3.8, 4) is 0 Å². The van der Waals surface area contributed by atoms with Crippen LogP contribution in [-0.2, 0) is 4.79 Å². The van der Waals surface area contributed by atoms with Crippen LogP contribution in [-0.4, -0.2) is 53.5 Å². The Balaban J connectivity index is 1.76. The fourth-order valence-electron chi connectivity index (χ4n) is 2.70. The molecule has 6 nitrogen and oxygen atoms in total. The first kappa shape index (κ1) is 11.3. The number of fused-ring (bicyclic) bond motifs is 1. The van der Waals surface area contributed by atoms with Crippen LogP contribution in [0.15, 0.2) is 12.4 Å². The van der Waals surface area contributed by atoms with Crippen molar-refractivity contribution in [2.75, 3.05) is 36.9 Å². The number of carbonyl (C=O) groups excluding carboxylic acids is 1. The third-order valence-corrected chi connectivity index (χ3v) is 3.70. The fourth-order valence-corrected chi connectivity index (χ4v) is 2.70. The first-order chi connectivity index (χ1) is 8.78. The van der Waals surface area contributed by atoms with Crippen molar-refractivity contribution in [2.45, 2.75) is 18.9 Å². The number of nitrogens with zero attached hydrogens (tertiary/aromatic N) is 4. The quantitative estimate of drug-likeness (QED) is 0.816. The van der Waals surface area contributed by atoms with E-state index in [4.69, 9.17) is 0 Å². The van der Waals surface area contributed by atoms with Gasteiger partial charge in [0.2, 0.25) is 5.91 Å². The number of aromatic nitrogens is 2. The molecule has 1 atom stereocenters. The molecular weight excluding hydrogens is 230 g/mol. The summed E-state index contributed by atoms with van der Waals surface area (Å²) in [7, 11) is 1.83. The van der Waals surface area contributed by atoms with Crippen LogP contribution in [0.25, 0.3) is 0 Å². The zero-order chi connectivity index (χ0) is 12.5. The molecule has 96 valence electrons. The summed E-state index contributed by atoms with van der Waals surface area (Å²) in [6.07, 6.45) is 5.15. The summed E-state index contributed by atoms with van der Waals surface area (Å²) in [5, 5.41) is 3.00. The Morgan fingerprint density at radius 2 is 2.28 bits per heavy atom. The number of hydrogen-bond donors (Lipinski definition) is 1. The molecule has 6 heteroatoms. The summed E-state index contributed by atoms with van der Waals surface area (Å²) >= 11 is 0. The van der Waals surface area contributed by atoms with Crippen molar-refractivity contribution in [3.63, 3.8) is 0 Å². The maximum absolute atomic E-state index is 11.6. The first-order valence-electron chi connectivity index (χ1n) is 6.32. The zero-order valence-corrected chi connectivity index (χ0v) is 10.5. The van der Waals surface area contributed by atoms with E-state index in [1.165, 1.54) is 0 Å². The second-order valence-corrected chi connectivity index (χ2v) is 4.74. The Kier molecular flexibility index (Phi) is 2.77. The van der Waals surface area contributed by atoms with Crippen molar-refractivity contribution in [1.82, 2.24) is 14.9 Å². The summed E-state index contributed by atoms with van der Waals surface area (Å²) in [5.41, 5.74) is 0. The van der Waals surface area contributed by atoms with Crippen molar-refractivity contribution in [2.24, 2.45) is 0 Å². The highest BCUT2D eigenvalue weighted by Crippen LogP contribution is 2.25. The lowest BCUT2D eigenvalue weighted by atomic mass is 10.1. The highest BCUT2D eigenvalue weighted by Gasteiger charge is 2.35. The van der Waals surface area contributed by atoms with Gasteiger partial charge in [-0.15, -0.1) is 0 Å². The molecule has 2 saturated heterocycles. The average molecular weight is 247 g/mol. The molecule has 0 aromatic carbocycles. The van der Waals surface area contributed by atoms with Crippen molar-refractivity contribution < 1.29 is 4.79 Å². The molecule has 0 saturated carbocycles. The fraction of sp³-hybridized carbons (Fsp3) is 0.583. The van der Waals surface area contributed by atoms with Gasteiger partial charge in [-0.2, -0.15) is 0 Å². The molecule has 3 heterocycles. The zero-order valence-electron chi connectivity index (χ0n) is 10.5. The van der Waals surface area contributed by atoms with Crippen LogP contribution in [0.1, 0.15) is 12.8 Å². The second kappa shape index (κ2) is 4.44. The van der Waals surface area contributed by atoms with Gasteiger partial charge in [-0.1, -0.05) is 0 Å². The van der Waals surface area contributed by atoms with Crippen LogP contribution in [0.2, 0.25) is 0 Å². The largest absolute Gasteiger partial charge is 0.372 e. The minimum absolute atomic E-state index is 0.301. The molecule has 1 N–H and O–H groups in total. The van der Waals surface area contributed by atoms with E-state index in [2.05, 4.69) is 20.2 Å². The Morgan fingerprint density at radius 3 is 3.11 bits per heavy atom. The van der Waals surface area contributed by atoms with Gasteiger partial charge in [0.05, 0.1) is 12.4 Å². The smallest absolute Gasteiger partial charge is 0.223 e. The number of carbonyl (C=O) groups is 1. The van der Waals surface area contributed by atoms with Crippen LogP contribution < -0.4 is 10.2 Å². The Labute approximate surface area is 106 Å². The van der Waals surface area contributed by atoms with Gasteiger partial charge in [0.1, 0.15) is 11.6 Å². The second-order valence-electron chi connectivity index (χ2n) is 4.74. The van der Waals surface area contributed by atoms with E-state index in [9.17, 15) is 4.79 Å². The molecule has 0 bridgehead atoms. The van der Waals surface area contributed by atoms with Gasteiger partial charge in [0, 0.05) is 39.1 Å². The Bertz CT molecular complexity index is 464. The molecule has 1 aromatic rings. The molecule has 18 heavy (non-hydrogen) atoms. The highest BCUT2D eigenvalue weighted by atomic mass is 16.2. The first-order valence-corrected chi connectivity index (χ1v) is 6.32. The SMILES string of the molecule is CNc1cncc(N2CCN3C(=O)CCC3C2)n1. The molecule has 0 spiro atoms. The molecule has 2 aliphatic rings. The standard InChI is InChI=1S/C12H17N5O/c1-13-10-6-14-7-11(15-10)16-4-5-17-9(8-16)2-3-12(17)18/h6-7,9H,2-5,8H2,1H3,(H,13,15). The number of rotatable bonds is 2. The Hall–Kier alpha value is -1.85. The summed E-state index contributed by atoms with van der Waals surface area (Å²) in [6.45, 7) is 2.51. The van der Waals surface area contributed by atoms with E-state index in [1.807, 2.05) is 11.9 Å². The van der Waals surface area contributed by atoms with Crippen LogP contribution in [0, 0.1) is 0 Å². The summed E-state index contributed by atoms with van der Waals surface area (Å²) in [4.78, 5) is 24.5. The van der Waals surface area contributed by atoms with E-state index in [1.54, 1.807) is 12.4 Å². The molecular formula is C12H17N5O. The molecule has 2 fully saturated rings. The average Bonchev–Trinajstić information content (AvgIpc) is 2.80. The van der Waals surface area contributed by atoms with Crippen molar-refractivity contribution in [3.05, 3.63) is 12.4 Å². The molecule has 3 rings (SSSR count). The Morgan fingerprint density at radius 1 is 1.39 bits per heavy atom. The van der Waals surface area contributed by atoms with E-state index >= 15 is 0 Å². The lowest BCUT2D eigenvalue weighted by molar-refractivity contribution is -0.129. The monoisotopic (exact) mass is 247 g/mol. The molecule has 2 aliphatic heterocycles. The minimum atomic E-state index is 0.301. The lowest BCUT2D eigenvalue weighted by Gasteiger charge is -2.38. The number of nitrogens with one attached hydrogen (secondary N) is 1. The van der Waals surface area contributed by atoms with Crippen LogP contribution in [0.5, 0.6) is 0 Å². The van der Waals surface area contributed by atoms with Crippen LogP contribution in [0.3, 0.4) is 0 Å². The van der Waals surface area contributed by atoms with Gasteiger partial charge in [-0.3, -0.25) is 9.78 Å². The summed E-state index contributed by atoms with van der Waals surface area (Å²) in [5.74, 6) is 1.97. The van der Waals surface area contributed by atoms with Crippen molar-refractivity contribution >= 4 is 17.5 Å². The molecule has 0 aliphatic carbocycles. The third kappa shape index (κ3) is 1.87. The van der Waals surface area contributed by atoms with Gasteiger partial charge < -0.3 is 15.1 Å².